The van der Waals surface area contributed by atoms with Crippen LogP contribution >= 0.6 is 0 Å². The van der Waals surface area contributed by atoms with Crippen LogP contribution in [0.3, 0.4) is 0 Å². The van der Waals surface area contributed by atoms with E-state index < -0.39 is 28.8 Å². The Morgan fingerprint density at radius 2 is 1.88 bits per heavy atom. The van der Waals surface area contributed by atoms with Crippen molar-refractivity contribution in [2.24, 2.45) is 5.41 Å². The third-order valence-corrected chi connectivity index (χ3v) is 2.08. The van der Waals surface area contributed by atoms with Crippen molar-refractivity contribution in [1.29, 1.82) is 0 Å². The summed E-state index contributed by atoms with van der Waals surface area (Å²) < 4.78 is 31.1. The third kappa shape index (κ3) is 2.68. The van der Waals surface area contributed by atoms with Crippen LogP contribution in [0.15, 0.2) is 18.2 Å². The van der Waals surface area contributed by atoms with Gasteiger partial charge >= 0.3 is 5.97 Å². The summed E-state index contributed by atoms with van der Waals surface area (Å²) in [6.45, 7) is 2.52. The van der Waals surface area contributed by atoms with Gasteiger partial charge in [0, 0.05) is 0 Å². The SMILES string of the molecule is CC(C)(COc1c(F)cccc1F)C(=O)O. The molecule has 0 aliphatic carbocycles. The molecule has 0 aliphatic heterocycles. The molecule has 0 amide bonds. The Labute approximate surface area is 91.7 Å². The summed E-state index contributed by atoms with van der Waals surface area (Å²) in [5.74, 6) is -3.33. The van der Waals surface area contributed by atoms with Gasteiger partial charge in [-0.05, 0) is 26.0 Å². The molecule has 0 atom stereocenters. The van der Waals surface area contributed by atoms with Crippen LogP contribution in [-0.4, -0.2) is 17.7 Å². The summed E-state index contributed by atoms with van der Waals surface area (Å²) in [7, 11) is 0. The predicted octanol–water partition coefficient (Wildman–Crippen LogP) is 2.45. The van der Waals surface area contributed by atoms with Crippen molar-refractivity contribution in [2.45, 2.75) is 13.8 Å². The zero-order chi connectivity index (χ0) is 12.3. The number of carbonyl (C=O) groups is 1. The fraction of sp³-hybridized carbons (Fsp3) is 0.364. The number of hydrogen-bond acceptors (Lipinski definition) is 2. The van der Waals surface area contributed by atoms with Gasteiger partial charge in [0.15, 0.2) is 17.4 Å². The molecule has 1 aromatic carbocycles. The Hall–Kier alpha value is -1.65. The second-order valence-electron chi connectivity index (χ2n) is 4.03. The van der Waals surface area contributed by atoms with Crippen LogP contribution in [0, 0.1) is 17.0 Å². The van der Waals surface area contributed by atoms with E-state index in [0.717, 1.165) is 12.1 Å². The average molecular weight is 230 g/mol. The van der Waals surface area contributed by atoms with E-state index in [1.165, 1.54) is 19.9 Å². The van der Waals surface area contributed by atoms with Crippen LogP contribution in [0.4, 0.5) is 8.78 Å². The number of hydrogen-bond donors (Lipinski definition) is 1. The van der Waals surface area contributed by atoms with Crippen LogP contribution in [0.5, 0.6) is 5.75 Å². The Kier molecular flexibility index (Phi) is 3.47. The number of carboxylic acid groups (broad SMARTS) is 1. The number of rotatable bonds is 4. The molecule has 0 aliphatic rings. The molecule has 3 nitrogen and oxygen atoms in total. The highest BCUT2D eigenvalue weighted by Crippen LogP contribution is 2.24. The number of carboxylic acids is 1. The van der Waals surface area contributed by atoms with Crippen LogP contribution in [0.25, 0.3) is 0 Å². The largest absolute Gasteiger partial charge is 0.486 e. The maximum absolute atomic E-state index is 13.1. The molecular weight excluding hydrogens is 218 g/mol. The van der Waals surface area contributed by atoms with Gasteiger partial charge in [-0.2, -0.15) is 0 Å². The van der Waals surface area contributed by atoms with Gasteiger partial charge < -0.3 is 9.84 Å². The van der Waals surface area contributed by atoms with Crippen molar-refractivity contribution < 1.29 is 23.4 Å². The molecule has 1 rings (SSSR count). The smallest absolute Gasteiger partial charge is 0.312 e. The monoisotopic (exact) mass is 230 g/mol. The van der Waals surface area contributed by atoms with E-state index in [1.54, 1.807) is 0 Å². The lowest BCUT2D eigenvalue weighted by Crippen LogP contribution is -2.31. The summed E-state index contributed by atoms with van der Waals surface area (Å²) in [4.78, 5) is 10.7. The highest BCUT2D eigenvalue weighted by molar-refractivity contribution is 5.73. The number of benzene rings is 1. The van der Waals surface area contributed by atoms with Gasteiger partial charge in [0.1, 0.15) is 6.61 Å². The van der Waals surface area contributed by atoms with E-state index in [4.69, 9.17) is 9.84 Å². The molecule has 5 heteroatoms. The first-order valence-electron chi connectivity index (χ1n) is 4.65. The first kappa shape index (κ1) is 12.4. The Morgan fingerprint density at radius 1 is 1.38 bits per heavy atom. The number of ether oxygens (including phenoxy) is 1. The average Bonchev–Trinajstić information content (AvgIpc) is 2.16. The molecule has 0 radical (unpaired) electrons. The standard InChI is InChI=1S/C11H12F2O3/c1-11(2,10(14)15)6-16-9-7(12)4-3-5-8(9)13/h3-5H,6H2,1-2H3,(H,14,15). The van der Waals surface area contributed by atoms with E-state index in [-0.39, 0.29) is 6.61 Å². The van der Waals surface area contributed by atoms with Gasteiger partial charge in [-0.25, -0.2) is 8.78 Å². The summed E-state index contributed by atoms with van der Waals surface area (Å²) >= 11 is 0. The van der Waals surface area contributed by atoms with E-state index in [1.807, 2.05) is 0 Å². The van der Waals surface area contributed by atoms with Crippen LogP contribution < -0.4 is 4.74 Å². The molecule has 0 spiro atoms. The lowest BCUT2D eigenvalue weighted by molar-refractivity contribution is -0.148. The van der Waals surface area contributed by atoms with Crippen molar-refractivity contribution in [1.82, 2.24) is 0 Å². The zero-order valence-corrected chi connectivity index (χ0v) is 8.96. The van der Waals surface area contributed by atoms with E-state index >= 15 is 0 Å². The zero-order valence-electron chi connectivity index (χ0n) is 8.96. The summed E-state index contributed by atoms with van der Waals surface area (Å²) in [6, 6.07) is 3.30. The maximum Gasteiger partial charge on any atom is 0.312 e. The third-order valence-electron chi connectivity index (χ3n) is 2.08. The topological polar surface area (TPSA) is 46.5 Å². The van der Waals surface area contributed by atoms with Crippen molar-refractivity contribution in [2.75, 3.05) is 6.61 Å². The molecule has 0 unspecified atom stereocenters. The van der Waals surface area contributed by atoms with Gasteiger partial charge in [-0.1, -0.05) is 6.07 Å². The molecule has 16 heavy (non-hydrogen) atoms. The molecule has 0 heterocycles. The second-order valence-corrected chi connectivity index (χ2v) is 4.03. The van der Waals surface area contributed by atoms with Gasteiger partial charge in [-0.15, -0.1) is 0 Å². The van der Waals surface area contributed by atoms with E-state index in [2.05, 4.69) is 0 Å². The van der Waals surface area contributed by atoms with Crippen molar-refractivity contribution in [3.63, 3.8) is 0 Å². The lowest BCUT2D eigenvalue weighted by atomic mass is 9.95. The minimum atomic E-state index is -1.20. The fourth-order valence-corrected chi connectivity index (χ4v) is 0.935. The minimum Gasteiger partial charge on any atom is -0.486 e. The van der Waals surface area contributed by atoms with E-state index in [0.29, 0.717) is 0 Å². The summed E-state index contributed by atoms with van der Waals surface area (Å²) in [5.41, 5.74) is -1.20. The molecule has 0 saturated heterocycles. The van der Waals surface area contributed by atoms with Gasteiger partial charge in [0.05, 0.1) is 5.41 Å². The first-order valence-corrected chi connectivity index (χ1v) is 4.65. The normalized spacial score (nSPS) is 11.2. The van der Waals surface area contributed by atoms with Crippen molar-refractivity contribution >= 4 is 5.97 Å². The number of aliphatic carboxylic acids is 1. The Morgan fingerprint density at radius 3 is 2.31 bits per heavy atom. The van der Waals surface area contributed by atoms with Gasteiger partial charge in [0.2, 0.25) is 0 Å². The number of halogens is 2. The molecular formula is C11H12F2O3. The molecule has 88 valence electrons. The maximum atomic E-state index is 13.1. The highest BCUT2D eigenvalue weighted by atomic mass is 19.1. The summed E-state index contributed by atoms with van der Waals surface area (Å²) in [5, 5.41) is 8.79. The van der Waals surface area contributed by atoms with Crippen LogP contribution in [-0.2, 0) is 4.79 Å². The molecule has 1 aromatic rings. The molecule has 1 N–H and O–H groups in total. The Bertz CT molecular complexity index is 382. The molecule has 0 bridgehead atoms. The lowest BCUT2D eigenvalue weighted by Gasteiger charge is -2.19. The minimum absolute atomic E-state index is 0.305. The van der Waals surface area contributed by atoms with E-state index in [9.17, 15) is 13.6 Å². The fourth-order valence-electron chi connectivity index (χ4n) is 0.935. The summed E-state index contributed by atoms with van der Waals surface area (Å²) in [6.07, 6.45) is 0. The Balaban J connectivity index is 2.79. The van der Waals surface area contributed by atoms with Crippen molar-refractivity contribution in [3.05, 3.63) is 29.8 Å². The molecule has 0 aromatic heterocycles. The highest BCUT2D eigenvalue weighted by Gasteiger charge is 2.29. The van der Waals surface area contributed by atoms with Crippen LogP contribution in [0.1, 0.15) is 13.8 Å². The molecule has 0 saturated carbocycles. The first-order chi connectivity index (χ1) is 7.34. The second kappa shape index (κ2) is 4.47. The quantitative estimate of drug-likeness (QED) is 0.864. The predicted molar refractivity (Wildman–Crippen MR) is 53.3 cm³/mol. The van der Waals surface area contributed by atoms with Crippen molar-refractivity contribution in [3.8, 4) is 5.75 Å². The van der Waals surface area contributed by atoms with Crippen LogP contribution in [0.2, 0.25) is 0 Å². The number of para-hydroxylation sites is 1. The molecule has 0 fully saturated rings. The van der Waals surface area contributed by atoms with Gasteiger partial charge in [-0.3, -0.25) is 4.79 Å². The van der Waals surface area contributed by atoms with Gasteiger partial charge in [0.25, 0.3) is 0 Å².